The van der Waals surface area contributed by atoms with Crippen molar-refractivity contribution in [3.8, 4) is 5.69 Å². The van der Waals surface area contributed by atoms with E-state index >= 15 is 0 Å². The number of fused-ring (bicyclic) bond motifs is 1. The fourth-order valence-corrected chi connectivity index (χ4v) is 2.48. The summed E-state index contributed by atoms with van der Waals surface area (Å²) < 4.78 is 1.42. The molecule has 7 heteroatoms. The summed E-state index contributed by atoms with van der Waals surface area (Å²) in [6.45, 7) is 3.52. The van der Waals surface area contributed by atoms with Crippen molar-refractivity contribution < 1.29 is 4.92 Å². The third-order valence-corrected chi connectivity index (χ3v) is 3.59. The number of hydrogen-bond acceptors (Lipinski definition) is 4. The molecule has 0 aliphatic heterocycles. The van der Waals surface area contributed by atoms with E-state index in [2.05, 4.69) is 4.98 Å². The minimum Gasteiger partial charge on any atom is -0.268 e. The molecule has 0 bridgehead atoms. The van der Waals surface area contributed by atoms with Crippen molar-refractivity contribution in [1.82, 2.24) is 9.55 Å². The van der Waals surface area contributed by atoms with Crippen LogP contribution in [0.1, 0.15) is 11.4 Å². The molecule has 23 heavy (non-hydrogen) atoms. The number of aromatic nitrogens is 2. The third kappa shape index (κ3) is 2.80. The van der Waals surface area contributed by atoms with Gasteiger partial charge in [-0.05, 0) is 31.5 Å². The van der Waals surface area contributed by atoms with E-state index in [1.807, 2.05) is 6.07 Å². The highest BCUT2D eigenvalue weighted by Gasteiger charge is 2.15. The van der Waals surface area contributed by atoms with Crippen LogP contribution in [0.5, 0.6) is 0 Å². The zero-order valence-electron chi connectivity index (χ0n) is 12.5. The van der Waals surface area contributed by atoms with Crippen LogP contribution in [0.2, 0.25) is 0 Å². The van der Waals surface area contributed by atoms with Crippen molar-refractivity contribution in [3.63, 3.8) is 0 Å². The summed E-state index contributed by atoms with van der Waals surface area (Å²) in [5, 5.41) is 11.5. The average Bonchev–Trinajstić information content (AvgIpc) is 2.48. The predicted molar refractivity (Wildman–Crippen MR) is 90.7 cm³/mol. The summed E-state index contributed by atoms with van der Waals surface area (Å²) in [5.74, 6) is 0.493. The van der Waals surface area contributed by atoms with Crippen molar-refractivity contribution in [2.45, 2.75) is 13.8 Å². The minimum atomic E-state index is -0.474. The van der Waals surface area contributed by atoms with E-state index in [-0.39, 0.29) is 23.7 Å². The lowest BCUT2D eigenvalue weighted by molar-refractivity contribution is -0.384. The van der Waals surface area contributed by atoms with E-state index in [4.69, 9.17) is 0 Å². The first-order valence-corrected chi connectivity index (χ1v) is 6.73. The zero-order chi connectivity index (χ0) is 15.9. The second-order valence-corrected chi connectivity index (χ2v) is 5.04. The first-order chi connectivity index (χ1) is 10.5. The molecular formula is C16H14ClN3O3. The Hall–Kier alpha value is -2.73. The first kappa shape index (κ1) is 16.6. The normalized spacial score (nSPS) is 10.3. The van der Waals surface area contributed by atoms with Crippen LogP contribution in [-0.2, 0) is 0 Å². The lowest BCUT2D eigenvalue weighted by atomic mass is 10.1. The van der Waals surface area contributed by atoms with Crippen molar-refractivity contribution in [2.24, 2.45) is 0 Å². The highest BCUT2D eigenvalue weighted by molar-refractivity contribution is 5.85. The number of nitro groups is 1. The number of hydrogen-bond donors (Lipinski definition) is 0. The lowest BCUT2D eigenvalue weighted by Crippen LogP contribution is -2.23. The molecule has 0 amide bonds. The lowest BCUT2D eigenvalue weighted by Gasteiger charge is -2.13. The molecule has 0 saturated carbocycles. The Labute approximate surface area is 138 Å². The quantitative estimate of drug-likeness (QED) is 0.533. The number of benzene rings is 2. The van der Waals surface area contributed by atoms with Gasteiger partial charge < -0.3 is 0 Å². The molecule has 1 aromatic heterocycles. The zero-order valence-corrected chi connectivity index (χ0v) is 13.3. The van der Waals surface area contributed by atoms with Gasteiger partial charge in [0.15, 0.2) is 0 Å². The molecule has 2 aromatic carbocycles. The van der Waals surface area contributed by atoms with Crippen LogP contribution < -0.4 is 5.56 Å². The van der Waals surface area contributed by atoms with Crippen LogP contribution in [-0.4, -0.2) is 14.5 Å². The first-order valence-electron chi connectivity index (χ1n) is 6.73. The minimum absolute atomic E-state index is 0. The summed E-state index contributed by atoms with van der Waals surface area (Å²) in [6, 6.07) is 11.5. The van der Waals surface area contributed by atoms with Crippen LogP contribution in [0.15, 0.2) is 47.3 Å². The predicted octanol–water partition coefficient (Wildman–Crippen LogP) is 3.33. The molecule has 0 aliphatic carbocycles. The van der Waals surface area contributed by atoms with E-state index in [9.17, 15) is 14.9 Å². The van der Waals surface area contributed by atoms with Gasteiger partial charge in [0, 0.05) is 12.1 Å². The molecule has 0 N–H and O–H groups in total. The monoisotopic (exact) mass is 331 g/mol. The summed E-state index contributed by atoms with van der Waals surface area (Å²) in [4.78, 5) is 27.7. The van der Waals surface area contributed by atoms with Gasteiger partial charge in [-0.1, -0.05) is 18.2 Å². The molecule has 118 valence electrons. The molecule has 1 heterocycles. The van der Waals surface area contributed by atoms with Gasteiger partial charge in [0.1, 0.15) is 5.82 Å². The summed E-state index contributed by atoms with van der Waals surface area (Å²) in [6.07, 6.45) is 0. The van der Waals surface area contributed by atoms with Crippen LogP contribution in [0.3, 0.4) is 0 Å². The second-order valence-electron chi connectivity index (χ2n) is 5.04. The van der Waals surface area contributed by atoms with E-state index in [1.165, 1.54) is 16.7 Å². The molecule has 0 fully saturated rings. The Morgan fingerprint density at radius 2 is 1.83 bits per heavy atom. The molecule has 0 saturated heterocycles. The van der Waals surface area contributed by atoms with Crippen LogP contribution >= 0.6 is 12.4 Å². The smallest absolute Gasteiger partial charge is 0.268 e. The Morgan fingerprint density at radius 3 is 2.52 bits per heavy atom. The number of rotatable bonds is 2. The number of halogens is 1. The highest BCUT2D eigenvalue weighted by Crippen LogP contribution is 2.21. The van der Waals surface area contributed by atoms with Gasteiger partial charge in [0.25, 0.3) is 11.2 Å². The maximum absolute atomic E-state index is 12.7. The Bertz CT molecular complexity index is 966. The fourth-order valence-electron chi connectivity index (χ4n) is 2.48. The SMILES string of the molecule is Cc1ccc([N+](=O)[O-])cc1-n1c(C)nc2ccccc2c1=O.Cl. The molecule has 0 spiro atoms. The largest absolute Gasteiger partial charge is 0.271 e. The number of aryl methyl sites for hydroxylation is 2. The fraction of sp³-hybridized carbons (Fsp3) is 0.125. The van der Waals surface area contributed by atoms with E-state index in [0.29, 0.717) is 22.4 Å². The molecule has 0 atom stereocenters. The third-order valence-electron chi connectivity index (χ3n) is 3.59. The number of nitro benzene ring substituents is 1. The van der Waals surface area contributed by atoms with Gasteiger partial charge in [-0.2, -0.15) is 0 Å². The van der Waals surface area contributed by atoms with Crippen molar-refractivity contribution in [2.75, 3.05) is 0 Å². The number of nitrogens with zero attached hydrogens (tertiary/aromatic N) is 3. The van der Waals surface area contributed by atoms with Crippen LogP contribution in [0.25, 0.3) is 16.6 Å². The van der Waals surface area contributed by atoms with Crippen LogP contribution in [0.4, 0.5) is 5.69 Å². The van der Waals surface area contributed by atoms with Gasteiger partial charge >= 0.3 is 0 Å². The average molecular weight is 332 g/mol. The molecule has 6 nitrogen and oxygen atoms in total. The van der Waals surface area contributed by atoms with Crippen molar-refractivity contribution in [1.29, 1.82) is 0 Å². The maximum atomic E-state index is 12.7. The van der Waals surface area contributed by atoms with E-state index in [1.54, 1.807) is 38.1 Å². The highest BCUT2D eigenvalue weighted by atomic mass is 35.5. The van der Waals surface area contributed by atoms with Gasteiger partial charge in [-0.25, -0.2) is 4.98 Å². The van der Waals surface area contributed by atoms with Crippen LogP contribution in [0, 0.1) is 24.0 Å². The van der Waals surface area contributed by atoms with Gasteiger partial charge in [0.05, 0.1) is 21.5 Å². The molecule has 0 aliphatic rings. The summed E-state index contributed by atoms with van der Waals surface area (Å²) in [7, 11) is 0. The van der Waals surface area contributed by atoms with Gasteiger partial charge in [-0.3, -0.25) is 19.5 Å². The molecule has 0 unspecified atom stereocenters. The van der Waals surface area contributed by atoms with Crippen molar-refractivity contribution in [3.05, 3.63) is 74.3 Å². The molecule has 0 radical (unpaired) electrons. The van der Waals surface area contributed by atoms with E-state index in [0.717, 1.165) is 5.56 Å². The summed E-state index contributed by atoms with van der Waals surface area (Å²) >= 11 is 0. The molecule has 3 rings (SSSR count). The van der Waals surface area contributed by atoms with Crippen molar-refractivity contribution >= 4 is 29.0 Å². The van der Waals surface area contributed by atoms with Gasteiger partial charge in [-0.15, -0.1) is 12.4 Å². The molecular weight excluding hydrogens is 318 g/mol. The Morgan fingerprint density at radius 1 is 1.13 bits per heavy atom. The maximum Gasteiger partial charge on any atom is 0.271 e. The Balaban J connectivity index is 0.00000192. The second kappa shape index (κ2) is 6.18. The topological polar surface area (TPSA) is 78.0 Å². The Kier molecular flexibility index (Phi) is 4.47. The standard InChI is InChI=1S/C16H13N3O3.ClH/c1-10-7-8-12(19(21)22)9-15(10)18-11(2)17-14-6-4-3-5-13(14)16(18)20;/h3-9H,1-2H3;1H. The number of non-ortho nitro benzene ring substituents is 1. The number of para-hydroxylation sites is 1. The van der Waals surface area contributed by atoms with E-state index < -0.39 is 4.92 Å². The summed E-state index contributed by atoms with van der Waals surface area (Å²) in [5.41, 5.74) is 1.58. The molecule has 3 aromatic rings. The van der Waals surface area contributed by atoms with Gasteiger partial charge in [0.2, 0.25) is 0 Å².